The summed E-state index contributed by atoms with van der Waals surface area (Å²) in [5.41, 5.74) is 4.07. The fraction of sp³-hybridized carbons (Fsp3) is 0.391. The van der Waals surface area contributed by atoms with Crippen molar-refractivity contribution in [3.8, 4) is 17.5 Å². The Kier molecular flexibility index (Phi) is 4.50. The molecule has 0 spiro atoms. The minimum absolute atomic E-state index is 0.0773. The van der Waals surface area contributed by atoms with Crippen LogP contribution in [0.25, 0.3) is 11.4 Å². The van der Waals surface area contributed by atoms with E-state index in [4.69, 9.17) is 4.98 Å². The number of allylic oxidation sites excluding steroid dienone is 2. The predicted octanol–water partition coefficient (Wildman–Crippen LogP) is 4.03. The van der Waals surface area contributed by atoms with Crippen molar-refractivity contribution in [3.63, 3.8) is 0 Å². The van der Waals surface area contributed by atoms with Crippen LogP contribution in [-0.2, 0) is 16.0 Å². The Hall–Kier alpha value is -3.00. The van der Waals surface area contributed by atoms with Crippen molar-refractivity contribution >= 4 is 12.2 Å². The third-order valence-corrected chi connectivity index (χ3v) is 6.26. The van der Waals surface area contributed by atoms with Crippen molar-refractivity contribution in [1.29, 1.82) is 5.26 Å². The average Bonchev–Trinajstić information content (AvgIpc) is 3.09. The molecule has 0 bridgehead atoms. The molecule has 0 aliphatic heterocycles. The normalized spacial score (nSPS) is 23.6. The molecule has 28 heavy (non-hydrogen) atoms. The quantitative estimate of drug-likeness (QED) is 0.761. The molecule has 2 aromatic rings. The molecule has 5 nitrogen and oxygen atoms in total. The molecular weight excluding hydrogens is 350 g/mol. The first kappa shape index (κ1) is 18.4. The van der Waals surface area contributed by atoms with E-state index in [1.807, 2.05) is 25.1 Å². The zero-order valence-corrected chi connectivity index (χ0v) is 16.3. The lowest BCUT2D eigenvalue weighted by atomic mass is 9.67. The maximum absolute atomic E-state index is 12.4. The van der Waals surface area contributed by atoms with Crippen molar-refractivity contribution in [2.24, 2.45) is 11.8 Å². The third-order valence-electron chi connectivity index (χ3n) is 6.26. The lowest BCUT2D eigenvalue weighted by molar-refractivity contribution is -0.120. The van der Waals surface area contributed by atoms with E-state index in [9.17, 15) is 14.9 Å². The zero-order valence-electron chi connectivity index (χ0n) is 16.3. The number of benzene rings is 1. The van der Waals surface area contributed by atoms with Crippen LogP contribution < -0.4 is 0 Å². The van der Waals surface area contributed by atoms with E-state index in [0.29, 0.717) is 18.2 Å². The molecule has 5 heteroatoms. The molecule has 1 aromatic carbocycles. The summed E-state index contributed by atoms with van der Waals surface area (Å²) in [5, 5.41) is 9.35. The van der Waals surface area contributed by atoms with Gasteiger partial charge in [-0.05, 0) is 30.2 Å². The summed E-state index contributed by atoms with van der Waals surface area (Å²) in [6, 6.07) is 10.2. The van der Waals surface area contributed by atoms with E-state index in [-0.39, 0.29) is 29.1 Å². The number of rotatable bonds is 3. The second-order valence-electron chi connectivity index (χ2n) is 8.09. The van der Waals surface area contributed by atoms with Crippen molar-refractivity contribution in [2.45, 2.75) is 45.4 Å². The summed E-state index contributed by atoms with van der Waals surface area (Å²) in [6.45, 7) is 6.19. The molecular formula is C23H23N3O2. The lowest BCUT2D eigenvalue weighted by Crippen LogP contribution is -2.34. The number of carbonyl (C=O) groups excluding carboxylic acids is 2. The highest BCUT2D eigenvalue weighted by Crippen LogP contribution is 2.45. The Morgan fingerprint density at radius 3 is 2.61 bits per heavy atom. The molecule has 2 aliphatic rings. The molecule has 0 amide bonds. The molecule has 0 radical (unpaired) electrons. The van der Waals surface area contributed by atoms with Crippen LogP contribution in [0.5, 0.6) is 0 Å². The number of fused-ring (bicyclic) bond motifs is 3. The van der Waals surface area contributed by atoms with Gasteiger partial charge in [-0.15, -0.1) is 0 Å². The summed E-state index contributed by atoms with van der Waals surface area (Å²) in [4.78, 5) is 29.1. The van der Waals surface area contributed by atoms with Crippen LogP contribution >= 0.6 is 0 Å². The van der Waals surface area contributed by atoms with Crippen LogP contribution in [0, 0.1) is 23.2 Å². The van der Waals surface area contributed by atoms with Crippen LogP contribution in [0.4, 0.5) is 0 Å². The van der Waals surface area contributed by atoms with E-state index < -0.39 is 0 Å². The second-order valence-corrected chi connectivity index (χ2v) is 8.09. The van der Waals surface area contributed by atoms with Gasteiger partial charge in [0.1, 0.15) is 11.9 Å². The number of aromatic nitrogens is 2. The van der Waals surface area contributed by atoms with Gasteiger partial charge in [0.05, 0.1) is 11.3 Å². The molecule has 0 N–H and O–H groups in total. The third kappa shape index (κ3) is 2.72. The van der Waals surface area contributed by atoms with Gasteiger partial charge in [-0.3, -0.25) is 14.2 Å². The summed E-state index contributed by atoms with van der Waals surface area (Å²) in [6.07, 6.45) is 4.10. The fourth-order valence-corrected chi connectivity index (χ4v) is 4.58. The van der Waals surface area contributed by atoms with Gasteiger partial charge in [0.15, 0.2) is 5.78 Å². The molecule has 3 atom stereocenters. The summed E-state index contributed by atoms with van der Waals surface area (Å²) in [7, 11) is 0. The molecule has 3 unspecified atom stereocenters. The van der Waals surface area contributed by atoms with Gasteiger partial charge in [0.25, 0.3) is 0 Å². The van der Waals surface area contributed by atoms with E-state index in [1.54, 1.807) is 10.6 Å². The maximum Gasteiger partial charge on any atom is 0.219 e. The Bertz CT molecular complexity index is 1020. The average molecular weight is 373 g/mol. The van der Waals surface area contributed by atoms with Gasteiger partial charge >= 0.3 is 0 Å². The van der Waals surface area contributed by atoms with Crippen molar-refractivity contribution in [3.05, 3.63) is 52.9 Å². The first-order valence-corrected chi connectivity index (χ1v) is 9.79. The first-order chi connectivity index (χ1) is 13.5. The summed E-state index contributed by atoms with van der Waals surface area (Å²) in [5.74, 6) is 0.820. The highest BCUT2D eigenvalue weighted by atomic mass is 16.1. The lowest BCUT2D eigenvalue weighted by Gasteiger charge is -2.36. The number of nitrogens with zero attached hydrogens (tertiary/aromatic N) is 3. The molecule has 2 aliphatic carbocycles. The van der Waals surface area contributed by atoms with Crippen molar-refractivity contribution in [2.75, 3.05) is 0 Å². The van der Waals surface area contributed by atoms with Gasteiger partial charge in [0.2, 0.25) is 6.41 Å². The Balaban J connectivity index is 1.83. The monoisotopic (exact) mass is 373 g/mol. The molecule has 1 aromatic heterocycles. The zero-order chi connectivity index (χ0) is 20.0. The van der Waals surface area contributed by atoms with E-state index in [1.165, 1.54) is 5.56 Å². The Morgan fingerprint density at radius 1 is 1.29 bits per heavy atom. The van der Waals surface area contributed by atoms with Gasteiger partial charge in [-0.1, -0.05) is 51.1 Å². The summed E-state index contributed by atoms with van der Waals surface area (Å²) < 4.78 is 1.64. The number of nitriles is 1. The smallest absolute Gasteiger partial charge is 0.219 e. The minimum atomic E-state index is -0.201. The second kappa shape index (κ2) is 6.87. The van der Waals surface area contributed by atoms with Gasteiger partial charge in [-0.25, -0.2) is 4.98 Å². The van der Waals surface area contributed by atoms with E-state index in [2.05, 4.69) is 26.0 Å². The maximum atomic E-state index is 12.4. The van der Waals surface area contributed by atoms with Gasteiger partial charge in [0, 0.05) is 23.1 Å². The van der Waals surface area contributed by atoms with Gasteiger partial charge in [-0.2, -0.15) is 5.26 Å². The van der Waals surface area contributed by atoms with Crippen molar-refractivity contribution < 1.29 is 9.59 Å². The van der Waals surface area contributed by atoms with Crippen LogP contribution in [0.3, 0.4) is 0 Å². The molecule has 0 fully saturated rings. The number of carbonyl (C=O) groups is 2. The largest absolute Gasteiger partial charge is 0.293 e. The number of imidazole rings is 1. The topological polar surface area (TPSA) is 75.8 Å². The molecule has 4 rings (SSSR count). The van der Waals surface area contributed by atoms with Crippen molar-refractivity contribution in [1.82, 2.24) is 9.55 Å². The SMILES string of the molecule is CC(C)c1ccc(-c2nc3c(n2C=O)CCC2C(C)C(=O)C(C#N)=CC32)cc1. The molecule has 142 valence electrons. The molecule has 1 heterocycles. The number of hydrogen-bond acceptors (Lipinski definition) is 4. The Morgan fingerprint density at radius 2 is 2.00 bits per heavy atom. The fourth-order valence-electron chi connectivity index (χ4n) is 4.58. The molecule has 0 saturated carbocycles. The standard InChI is InChI=1S/C23H23N3O2/c1-13(2)15-4-6-16(7-5-15)23-25-21-19-10-17(11-24)22(28)14(3)18(19)8-9-20(21)26(23)12-27/h4-7,10,12-14,18-19H,8-9H2,1-3H3. The van der Waals surface area contributed by atoms with E-state index in [0.717, 1.165) is 29.8 Å². The number of hydrogen-bond donors (Lipinski definition) is 0. The van der Waals surface area contributed by atoms with Crippen LogP contribution in [0.2, 0.25) is 0 Å². The van der Waals surface area contributed by atoms with Gasteiger partial charge < -0.3 is 0 Å². The summed E-state index contributed by atoms with van der Waals surface area (Å²) >= 11 is 0. The predicted molar refractivity (Wildman–Crippen MR) is 106 cm³/mol. The molecule has 0 saturated heterocycles. The Labute approximate surface area is 164 Å². The highest BCUT2D eigenvalue weighted by Gasteiger charge is 2.42. The first-order valence-electron chi connectivity index (χ1n) is 9.79. The van der Waals surface area contributed by atoms with Crippen LogP contribution in [0.15, 0.2) is 35.9 Å². The minimum Gasteiger partial charge on any atom is -0.293 e. The van der Waals surface area contributed by atoms with Crippen LogP contribution in [0.1, 0.15) is 56.0 Å². The number of Topliss-reactive ketones (excluding diaryl/α,β-unsaturated/α-hetero) is 1. The van der Waals surface area contributed by atoms with Crippen LogP contribution in [-0.4, -0.2) is 21.7 Å². The van der Waals surface area contributed by atoms with E-state index >= 15 is 0 Å². The highest BCUT2D eigenvalue weighted by molar-refractivity contribution is 6.01. The number of ketones is 1.